The zero-order valence-electron chi connectivity index (χ0n) is 11.9. The highest BCUT2D eigenvalue weighted by molar-refractivity contribution is 4.96. The molecule has 5 heteroatoms. The fourth-order valence-corrected chi connectivity index (χ4v) is 2.19. The maximum atomic E-state index is 12.5. The van der Waals surface area contributed by atoms with Crippen LogP contribution in [0.1, 0.15) is 89.3 Å². The van der Waals surface area contributed by atoms with E-state index in [1.807, 2.05) is 0 Å². The molecule has 0 fully saturated rings. The first-order valence-electron chi connectivity index (χ1n) is 7.30. The van der Waals surface area contributed by atoms with Crippen molar-refractivity contribution in [1.82, 2.24) is 10.1 Å². The highest BCUT2D eigenvalue weighted by Crippen LogP contribution is 2.28. The first-order chi connectivity index (χ1) is 9.19. The fourth-order valence-electron chi connectivity index (χ4n) is 2.19. The van der Waals surface area contributed by atoms with Crippen LogP contribution in [0.5, 0.6) is 0 Å². The van der Waals surface area contributed by atoms with E-state index in [0.29, 0.717) is 5.82 Å². The van der Waals surface area contributed by atoms with E-state index in [2.05, 4.69) is 28.5 Å². The summed E-state index contributed by atoms with van der Waals surface area (Å²) in [5, 5.41) is 3.73. The van der Waals surface area contributed by atoms with Crippen LogP contribution in [0.2, 0.25) is 0 Å². The van der Waals surface area contributed by atoms with Crippen LogP contribution in [0.4, 0.5) is 8.78 Å². The van der Waals surface area contributed by atoms with E-state index in [9.17, 15) is 8.78 Å². The predicted molar refractivity (Wildman–Crippen MR) is 70.3 cm³/mol. The SMILES string of the molecule is CCCCCC(CCCCC)c1noc(C(F)F)n1. The molecule has 1 aromatic rings. The smallest absolute Gasteiger partial charge is 0.315 e. The summed E-state index contributed by atoms with van der Waals surface area (Å²) in [6.07, 6.45) is 6.03. The summed E-state index contributed by atoms with van der Waals surface area (Å²) in [7, 11) is 0. The minimum atomic E-state index is -2.67. The van der Waals surface area contributed by atoms with Gasteiger partial charge in [0, 0.05) is 5.92 Å². The molecule has 0 aliphatic rings. The van der Waals surface area contributed by atoms with Crippen LogP contribution in [0.15, 0.2) is 4.52 Å². The van der Waals surface area contributed by atoms with Crippen molar-refractivity contribution < 1.29 is 13.3 Å². The normalized spacial score (nSPS) is 11.7. The Kier molecular flexibility index (Phi) is 7.60. The summed E-state index contributed by atoms with van der Waals surface area (Å²) in [6, 6.07) is 0. The molecule has 0 amide bonds. The predicted octanol–water partition coefficient (Wildman–Crippen LogP) is 5.25. The molecule has 0 aromatic carbocycles. The molecular weight excluding hydrogens is 250 g/mol. The number of rotatable bonds is 10. The molecule has 0 saturated carbocycles. The first-order valence-corrected chi connectivity index (χ1v) is 7.30. The Morgan fingerprint density at radius 2 is 1.58 bits per heavy atom. The van der Waals surface area contributed by atoms with Gasteiger partial charge in [0.2, 0.25) is 0 Å². The van der Waals surface area contributed by atoms with Crippen molar-refractivity contribution in [2.75, 3.05) is 0 Å². The molecule has 0 radical (unpaired) electrons. The van der Waals surface area contributed by atoms with Gasteiger partial charge in [0.05, 0.1) is 0 Å². The second-order valence-corrected chi connectivity index (χ2v) is 4.98. The average Bonchev–Trinajstić information content (AvgIpc) is 2.87. The van der Waals surface area contributed by atoms with Gasteiger partial charge in [-0.2, -0.15) is 13.8 Å². The standard InChI is InChI=1S/C14H24F2N2O/c1-3-5-7-9-11(10-8-6-4-2)13-17-14(12(15)16)19-18-13/h11-12H,3-10H2,1-2H3. The topological polar surface area (TPSA) is 38.9 Å². The van der Waals surface area contributed by atoms with E-state index in [4.69, 9.17) is 0 Å². The number of alkyl halides is 2. The molecular formula is C14H24F2N2O. The Hall–Kier alpha value is -1.00. The first kappa shape index (κ1) is 16.1. The minimum absolute atomic E-state index is 0.161. The van der Waals surface area contributed by atoms with Crippen LogP contribution in [-0.2, 0) is 0 Å². The molecule has 0 aliphatic heterocycles. The van der Waals surface area contributed by atoms with E-state index in [1.165, 1.54) is 0 Å². The average molecular weight is 274 g/mol. The number of hydrogen-bond donors (Lipinski definition) is 0. The molecule has 1 aromatic heterocycles. The number of unbranched alkanes of at least 4 members (excludes halogenated alkanes) is 4. The highest BCUT2D eigenvalue weighted by atomic mass is 19.3. The van der Waals surface area contributed by atoms with Gasteiger partial charge in [-0.05, 0) is 12.8 Å². The summed E-state index contributed by atoms with van der Waals surface area (Å²) in [4.78, 5) is 3.84. The van der Waals surface area contributed by atoms with Crippen molar-refractivity contribution >= 4 is 0 Å². The van der Waals surface area contributed by atoms with Crippen molar-refractivity contribution in [2.24, 2.45) is 0 Å². The highest BCUT2D eigenvalue weighted by Gasteiger charge is 2.21. The lowest BCUT2D eigenvalue weighted by molar-refractivity contribution is 0.106. The van der Waals surface area contributed by atoms with Gasteiger partial charge in [-0.1, -0.05) is 57.5 Å². The van der Waals surface area contributed by atoms with Crippen molar-refractivity contribution in [3.05, 3.63) is 11.7 Å². The molecule has 0 unspecified atom stereocenters. The fraction of sp³-hybridized carbons (Fsp3) is 0.857. The maximum Gasteiger partial charge on any atom is 0.315 e. The third-order valence-electron chi connectivity index (χ3n) is 3.32. The second kappa shape index (κ2) is 8.99. The van der Waals surface area contributed by atoms with E-state index in [0.717, 1.165) is 51.4 Å². The van der Waals surface area contributed by atoms with E-state index < -0.39 is 12.3 Å². The van der Waals surface area contributed by atoms with E-state index in [1.54, 1.807) is 0 Å². The molecule has 0 aliphatic carbocycles. The third kappa shape index (κ3) is 5.66. The van der Waals surface area contributed by atoms with Crippen molar-refractivity contribution in [1.29, 1.82) is 0 Å². The maximum absolute atomic E-state index is 12.5. The van der Waals surface area contributed by atoms with Crippen LogP contribution in [0.25, 0.3) is 0 Å². The van der Waals surface area contributed by atoms with Crippen molar-refractivity contribution in [3.8, 4) is 0 Å². The molecule has 0 bridgehead atoms. The Morgan fingerprint density at radius 1 is 1.00 bits per heavy atom. The van der Waals surface area contributed by atoms with Crippen LogP contribution in [-0.4, -0.2) is 10.1 Å². The molecule has 0 N–H and O–H groups in total. The molecule has 0 saturated heterocycles. The third-order valence-corrected chi connectivity index (χ3v) is 3.32. The van der Waals surface area contributed by atoms with E-state index >= 15 is 0 Å². The number of aromatic nitrogens is 2. The monoisotopic (exact) mass is 274 g/mol. The molecule has 0 spiro atoms. The Balaban J connectivity index is 2.58. The lowest BCUT2D eigenvalue weighted by Gasteiger charge is -2.12. The lowest BCUT2D eigenvalue weighted by Crippen LogP contribution is -2.02. The van der Waals surface area contributed by atoms with Gasteiger partial charge in [-0.25, -0.2) is 0 Å². The lowest BCUT2D eigenvalue weighted by atomic mass is 9.94. The Morgan fingerprint density at radius 3 is 2.00 bits per heavy atom. The Bertz CT molecular complexity index is 332. The van der Waals surface area contributed by atoms with Crippen molar-refractivity contribution in [3.63, 3.8) is 0 Å². The van der Waals surface area contributed by atoms with Crippen LogP contribution in [0, 0.1) is 0 Å². The summed E-state index contributed by atoms with van der Waals surface area (Å²) in [5.74, 6) is 0.0721. The summed E-state index contributed by atoms with van der Waals surface area (Å²) >= 11 is 0. The van der Waals surface area contributed by atoms with Crippen LogP contribution in [0.3, 0.4) is 0 Å². The van der Waals surface area contributed by atoms with Gasteiger partial charge in [0.15, 0.2) is 5.82 Å². The summed E-state index contributed by atoms with van der Waals surface area (Å²) in [5.41, 5.74) is 0. The van der Waals surface area contributed by atoms with Crippen molar-refractivity contribution in [2.45, 2.75) is 77.6 Å². The van der Waals surface area contributed by atoms with Crippen LogP contribution >= 0.6 is 0 Å². The molecule has 3 nitrogen and oxygen atoms in total. The van der Waals surface area contributed by atoms with Gasteiger partial charge in [0.1, 0.15) is 0 Å². The van der Waals surface area contributed by atoms with Gasteiger partial charge in [-0.3, -0.25) is 0 Å². The minimum Gasteiger partial charge on any atom is -0.333 e. The second-order valence-electron chi connectivity index (χ2n) is 4.98. The number of nitrogens with zero attached hydrogens (tertiary/aromatic N) is 2. The summed E-state index contributed by atoms with van der Waals surface area (Å²) < 4.78 is 29.5. The number of hydrogen-bond acceptors (Lipinski definition) is 3. The number of halogens is 2. The van der Waals surface area contributed by atoms with Crippen LogP contribution < -0.4 is 0 Å². The Labute approximate surface area is 113 Å². The molecule has 110 valence electrons. The molecule has 0 atom stereocenters. The van der Waals surface area contributed by atoms with Gasteiger partial charge in [-0.15, -0.1) is 0 Å². The van der Waals surface area contributed by atoms with Gasteiger partial charge in [0.25, 0.3) is 5.89 Å². The zero-order valence-corrected chi connectivity index (χ0v) is 11.9. The van der Waals surface area contributed by atoms with Gasteiger partial charge < -0.3 is 4.52 Å². The molecule has 19 heavy (non-hydrogen) atoms. The van der Waals surface area contributed by atoms with E-state index in [-0.39, 0.29) is 5.92 Å². The largest absolute Gasteiger partial charge is 0.333 e. The molecule has 1 rings (SSSR count). The quantitative estimate of drug-likeness (QED) is 0.547. The summed E-state index contributed by atoms with van der Waals surface area (Å²) in [6.45, 7) is 4.30. The molecule has 1 heterocycles. The zero-order chi connectivity index (χ0) is 14.1. The van der Waals surface area contributed by atoms with Gasteiger partial charge >= 0.3 is 6.43 Å².